The van der Waals surface area contributed by atoms with Crippen LogP contribution in [0.15, 0.2) is 18.2 Å². The highest BCUT2D eigenvalue weighted by Gasteiger charge is 2.35. The van der Waals surface area contributed by atoms with Crippen LogP contribution in [0, 0.1) is 0 Å². The number of nitrogens with zero attached hydrogens (tertiary/aromatic N) is 1. The van der Waals surface area contributed by atoms with Crippen LogP contribution in [0.2, 0.25) is 0 Å². The minimum atomic E-state index is -3.02. The van der Waals surface area contributed by atoms with Gasteiger partial charge in [0.25, 0.3) is 0 Å². The number of rotatable bonds is 5. The molecule has 2 aliphatic rings. The third-order valence-corrected chi connectivity index (χ3v) is 6.32. The first-order chi connectivity index (χ1) is 11.9. The average molecular weight is 368 g/mol. The van der Waals surface area contributed by atoms with E-state index in [1.54, 1.807) is 11.8 Å². The molecule has 0 saturated carbocycles. The molecular formula is C17H24N2O5S. The number of carbonyl (C=O) groups is 1. The Morgan fingerprint density at radius 2 is 2.04 bits per heavy atom. The van der Waals surface area contributed by atoms with E-state index in [9.17, 15) is 13.2 Å². The molecule has 0 aliphatic carbocycles. The number of hydrogen-bond donors (Lipinski definition) is 1. The second kappa shape index (κ2) is 7.11. The van der Waals surface area contributed by atoms with Gasteiger partial charge in [0.1, 0.15) is 19.3 Å². The van der Waals surface area contributed by atoms with Gasteiger partial charge in [-0.3, -0.25) is 4.79 Å². The molecule has 3 rings (SSSR count). The average Bonchev–Trinajstić information content (AvgIpc) is 2.95. The number of anilines is 1. The summed E-state index contributed by atoms with van der Waals surface area (Å²) in [5, 5.41) is 3.17. The van der Waals surface area contributed by atoms with Gasteiger partial charge in [0, 0.05) is 24.3 Å². The number of fused-ring (bicyclic) bond motifs is 1. The van der Waals surface area contributed by atoms with Crippen molar-refractivity contribution in [3.8, 4) is 11.5 Å². The highest BCUT2D eigenvalue weighted by molar-refractivity contribution is 7.91. The quantitative estimate of drug-likeness (QED) is 0.843. The molecule has 2 atom stereocenters. The van der Waals surface area contributed by atoms with Gasteiger partial charge in [0.2, 0.25) is 5.91 Å². The maximum Gasteiger partial charge on any atom is 0.245 e. The number of nitrogens with one attached hydrogen (secondary N) is 1. The van der Waals surface area contributed by atoms with E-state index in [1.165, 1.54) is 0 Å². The van der Waals surface area contributed by atoms with Crippen LogP contribution < -0.4 is 14.8 Å². The lowest BCUT2D eigenvalue weighted by Crippen LogP contribution is -2.47. The molecular weight excluding hydrogens is 344 g/mol. The van der Waals surface area contributed by atoms with Gasteiger partial charge in [-0.15, -0.1) is 0 Å². The van der Waals surface area contributed by atoms with Crippen molar-refractivity contribution in [1.82, 2.24) is 4.90 Å². The van der Waals surface area contributed by atoms with Gasteiger partial charge in [-0.2, -0.15) is 0 Å². The van der Waals surface area contributed by atoms with Gasteiger partial charge < -0.3 is 19.7 Å². The Labute approximate surface area is 148 Å². The van der Waals surface area contributed by atoms with Crippen LogP contribution in [-0.4, -0.2) is 62.6 Å². The Morgan fingerprint density at radius 1 is 1.32 bits per heavy atom. The third kappa shape index (κ3) is 4.00. The fraction of sp³-hybridized carbons (Fsp3) is 0.588. The van der Waals surface area contributed by atoms with Gasteiger partial charge in [-0.25, -0.2) is 8.42 Å². The summed E-state index contributed by atoms with van der Waals surface area (Å²) in [7, 11) is -3.02. The number of sulfone groups is 1. The summed E-state index contributed by atoms with van der Waals surface area (Å²) in [6.07, 6.45) is 0.513. The largest absolute Gasteiger partial charge is 0.486 e. The van der Waals surface area contributed by atoms with Crippen molar-refractivity contribution in [2.45, 2.75) is 32.4 Å². The van der Waals surface area contributed by atoms with E-state index in [1.807, 2.05) is 25.1 Å². The smallest absolute Gasteiger partial charge is 0.245 e. The second-order valence-electron chi connectivity index (χ2n) is 6.41. The standard InChI is InChI=1S/C17H24N2O5S/c1-3-19(14-6-9-25(21,22)11-14)17(20)12(2)18-13-4-5-15-16(10-13)24-8-7-23-15/h4-5,10,12,14,18H,3,6-9,11H2,1-2H3/t12-,14+/m1/s1. The summed E-state index contributed by atoms with van der Waals surface area (Å²) in [5.41, 5.74) is 0.764. The third-order valence-electron chi connectivity index (χ3n) is 4.57. The van der Waals surface area contributed by atoms with Crippen LogP contribution in [-0.2, 0) is 14.6 Å². The van der Waals surface area contributed by atoms with E-state index in [0.717, 1.165) is 5.69 Å². The first-order valence-corrected chi connectivity index (χ1v) is 10.4. The summed E-state index contributed by atoms with van der Waals surface area (Å²) in [6.45, 7) is 5.19. The number of amides is 1. The van der Waals surface area contributed by atoms with Gasteiger partial charge in [0.15, 0.2) is 21.3 Å². The normalized spacial score (nSPS) is 22.2. The fourth-order valence-corrected chi connectivity index (χ4v) is 5.04. The highest BCUT2D eigenvalue weighted by Crippen LogP contribution is 2.32. The molecule has 138 valence electrons. The Kier molecular flexibility index (Phi) is 5.08. The van der Waals surface area contributed by atoms with Crippen LogP contribution in [0.3, 0.4) is 0 Å². The van der Waals surface area contributed by atoms with E-state index in [0.29, 0.717) is 37.7 Å². The summed E-state index contributed by atoms with van der Waals surface area (Å²) >= 11 is 0. The molecule has 0 spiro atoms. The minimum Gasteiger partial charge on any atom is -0.486 e. The van der Waals surface area contributed by atoms with E-state index >= 15 is 0 Å². The molecule has 0 radical (unpaired) electrons. The first kappa shape index (κ1) is 17.8. The highest BCUT2D eigenvalue weighted by atomic mass is 32.2. The summed E-state index contributed by atoms with van der Waals surface area (Å²) in [4.78, 5) is 14.4. The Bertz CT molecular complexity index is 749. The molecule has 1 N–H and O–H groups in total. The van der Waals surface area contributed by atoms with Gasteiger partial charge >= 0.3 is 0 Å². The van der Waals surface area contributed by atoms with Crippen molar-refractivity contribution in [2.75, 3.05) is 36.6 Å². The summed E-state index contributed by atoms with van der Waals surface area (Å²) in [5.74, 6) is 1.47. The van der Waals surface area contributed by atoms with E-state index in [-0.39, 0.29) is 23.5 Å². The monoisotopic (exact) mass is 368 g/mol. The molecule has 0 aromatic heterocycles. The zero-order valence-corrected chi connectivity index (χ0v) is 15.3. The molecule has 0 bridgehead atoms. The zero-order chi connectivity index (χ0) is 18.0. The molecule has 1 saturated heterocycles. The van der Waals surface area contributed by atoms with Crippen molar-refractivity contribution in [3.05, 3.63) is 18.2 Å². The SMILES string of the molecule is CCN(C(=O)[C@@H](C)Nc1ccc2c(c1)OCCO2)[C@H]1CCS(=O)(=O)C1. The van der Waals surface area contributed by atoms with Crippen LogP contribution >= 0.6 is 0 Å². The van der Waals surface area contributed by atoms with Gasteiger partial charge in [0.05, 0.1) is 11.5 Å². The van der Waals surface area contributed by atoms with E-state index in [2.05, 4.69) is 5.32 Å². The molecule has 1 fully saturated rings. The lowest BCUT2D eigenvalue weighted by atomic mass is 10.1. The lowest BCUT2D eigenvalue weighted by molar-refractivity contribution is -0.133. The lowest BCUT2D eigenvalue weighted by Gasteiger charge is -2.30. The molecule has 1 amide bonds. The van der Waals surface area contributed by atoms with Gasteiger partial charge in [-0.1, -0.05) is 0 Å². The first-order valence-electron chi connectivity index (χ1n) is 8.56. The van der Waals surface area contributed by atoms with Crippen LogP contribution in [0.25, 0.3) is 0 Å². The Balaban J connectivity index is 1.67. The number of likely N-dealkylation sites (N-methyl/N-ethyl adjacent to an activating group) is 1. The Morgan fingerprint density at radius 3 is 2.68 bits per heavy atom. The number of hydrogen-bond acceptors (Lipinski definition) is 6. The Hall–Kier alpha value is -1.96. The topological polar surface area (TPSA) is 84.9 Å². The van der Waals surface area contributed by atoms with Crippen molar-refractivity contribution >= 4 is 21.4 Å². The number of ether oxygens (including phenoxy) is 2. The maximum atomic E-state index is 12.8. The van der Waals surface area contributed by atoms with Crippen molar-refractivity contribution < 1.29 is 22.7 Å². The van der Waals surface area contributed by atoms with Crippen LogP contribution in [0.4, 0.5) is 5.69 Å². The predicted molar refractivity (Wildman–Crippen MR) is 95.0 cm³/mol. The van der Waals surface area contributed by atoms with Gasteiger partial charge in [-0.05, 0) is 32.4 Å². The van der Waals surface area contributed by atoms with Crippen LogP contribution in [0.1, 0.15) is 20.3 Å². The number of benzene rings is 1. The fourth-order valence-electron chi connectivity index (χ4n) is 3.31. The molecule has 2 aliphatic heterocycles. The van der Waals surface area contributed by atoms with E-state index < -0.39 is 15.9 Å². The summed E-state index contributed by atoms with van der Waals surface area (Å²) in [6, 6.07) is 4.77. The molecule has 2 heterocycles. The van der Waals surface area contributed by atoms with Crippen molar-refractivity contribution in [3.63, 3.8) is 0 Å². The molecule has 25 heavy (non-hydrogen) atoms. The van der Waals surface area contributed by atoms with Crippen LogP contribution in [0.5, 0.6) is 11.5 Å². The van der Waals surface area contributed by atoms with Crippen molar-refractivity contribution in [1.29, 1.82) is 0 Å². The van der Waals surface area contributed by atoms with Crippen molar-refractivity contribution in [2.24, 2.45) is 0 Å². The minimum absolute atomic E-state index is 0.0589. The number of carbonyl (C=O) groups excluding carboxylic acids is 1. The second-order valence-corrected chi connectivity index (χ2v) is 8.63. The molecule has 8 heteroatoms. The molecule has 1 aromatic carbocycles. The summed E-state index contributed by atoms with van der Waals surface area (Å²) < 4.78 is 34.4. The molecule has 1 aromatic rings. The molecule has 0 unspecified atom stereocenters. The predicted octanol–water partition coefficient (Wildman–Crippen LogP) is 1.29. The maximum absolute atomic E-state index is 12.8. The molecule has 7 nitrogen and oxygen atoms in total. The zero-order valence-electron chi connectivity index (χ0n) is 14.5. The van der Waals surface area contributed by atoms with E-state index in [4.69, 9.17) is 9.47 Å².